The first-order chi connectivity index (χ1) is 12.5. The lowest BCUT2D eigenvalue weighted by molar-refractivity contribution is 0.0953. The van der Waals surface area contributed by atoms with Gasteiger partial charge in [0, 0.05) is 24.0 Å². The van der Waals surface area contributed by atoms with Crippen LogP contribution in [0.1, 0.15) is 29.1 Å². The van der Waals surface area contributed by atoms with Gasteiger partial charge in [-0.25, -0.2) is 4.98 Å². The monoisotopic (exact) mass is 387 g/mol. The summed E-state index contributed by atoms with van der Waals surface area (Å²) in [7, 11) is 0. The summed E-state index contributed by atoms with van der Waals surface area (Å²) in [6.07, 6.45) is 3.45. The summed E-state index contributed by atoms with van der Waals surface area (Å²) in [6.45, 7) is 4.37. The summed E-state index contributed by atoms with van der Waals surface area (Å²) in [4.78, 5) is 23.3. The lowest BCUT2D eigenvalue weighted by Crippen LogP contribution is -2.43. The van der Waals surface area contributed by atoms with Crippen molar-refractivity contribution in [3.8, 4) is 11.1 Å². The van der Waals surface area contributed by atoms with Gasteiger partial charge >= 0.3 is 0 Å². The second-order valence-electron chi connectivity index (χ2n) is 6.24. The summed E-state index contributed by atoms with van der Waals surface area (Å²) in [5, 5.41) is 4.96. The predicted octanol–water partition coefficient (Wildman–Crippen LogP) is 4.18. The predicted molar refractivity (Wildman–Crippen MR) is 101 cm³/mol. The summed E-state index contributed by atoms with van der Waals surface area (Å²) in [5.74, 6) is 0.302. The molecule has 1 amide bonds. The van der Waals surface area contributed by atoms with E-state index in [-0.39, 0.29) is 17.1 Å². The topological polar surface area (TPSA) is 63.9 Å². The van der Waals surface area contributed by atoms with Gasteiger partial charge in [-0.05, 0) is 43.7 Å². The van der Waals surface area contributed by atoms with Crippen molar-refractivity contribution in [2.45, 2.75) is 19.9 Å². The largest absolute Gasteiger partial charge is 0.289 e. The minimum atomic E-state index is -0.170. The third-order valence-electron chi connectivity index (χ3n) is 4.38. The summed E-state index contributed by atoms with van der Waals surface area (Å²) >= 11 is 12.0. The van der Waals surface area contributed by atoms with E-state index in [2.05, 4.69) is 15.1 Å². The molecule has 0 saturated carbocycles. The normalized spacial score (nSPS) is 16.7. The molecule has 1 aliphatic heterocycles. The molecule has 0 unspecified atom stereocenters. The fraction of sp³-hybridized carbons (Fsp3) is 0.222. The number of aromatic nitrogens is 4. The van der Waals surface area contributed by atoms with Gasteiger partial charge in [0.2, 0.25) is 0 Å². The molecule has 0 radical (unpaired) electrons. The van der Waals surface area contributed by atoms with E-state index < -0.39 is 0 Å². The fourth-order valence-corrected chi connectivity index (χ4v) is 3.40. The molecule has 1 aliphatic rings. The first-order valence-electron chi connectivity index (χ1n) is 8.10. The molecule has 132 valence electrons. The average Bonchev–Trinajstić information content (AvgIpc) is 3.06. The summed E-state index contributed by atoms with van der Waals surface area (Å²) in [5.41, 5.74) is 3.09. The Balaban J connectivity index is 1.82. The van der Waals surface area contributed by atoms with E-state index in [9.17, 15) is 4.79 Å². The van der Waals surface area contributed by atoms with Crippen molar-refractivity contribution in [2.24, 2.45) is 0 Å². The van der Waals surface area contributed by atoms with E-state index >= 15 is 0 Å². The minimum Gasteiger partial charge on any atom is -0.289 e. The Bertz CT molecular complexity index is 1020. The molecule has 3 aromatic rings. The molecule has 4 rings (SSSR count). The van der Waals surface area contributed by atoms with Crippen molar-refractivity contribution in [3.05, 3.63) is 58.2 Å². The SMILES string of the molecule is Cc1cc(-c2cnn3c2C(=O)N(c2ccc(Cl)c(Cl)n2)C[C@@H]3C)ccn1. The van der Waals surface area contributed by atoms with E-state index in [1.807, 2.05) is 26.0 Å². The minimum absolute atomic E-state index is 0.00404. The maximum Gasteiger partial charge on any atom is 0.278 e. The van der Waals surface area contributed by atoms with Crippen molar-refractivity contribution in [1.82, 2.24) is 19.7 Å². The number of pyridine rings is 2. The zero-order valence-corrected chi connectivity index (χ0v) is 15.7. The van der Waals surface area contributed by atoms with Crippen LogP contribution in [0.5, 0.6) is 0 Å². The van der Waals surface area contributed by atoms with Gasteiger partial charge in [-0.2, -0.15) is 5.10 Å². The molecule has 6 nitrogen and oxygen atoms in total. The Morgan fingerprint density at radius 1 is 1.23 bits per heavy atom. The average molecular weight is 388 g/mol. The number of fused-ring (bicyclic) bond motifs is 1. The van der Waals surface area contributed by atoms with Crippen molar-refractivity contribution in [3.63, 3.8) is 0 Å². The first-order valence-corrected chi connectivity index (χ1v) is 8.85. The Morgan fingerprint density at radius 3 is 2.77 bits per heavy atom. The van der Waals surface area contributed by atoms with Crippen LogP contribution in [0.25, 0.3) is 11.1 Å². The van der Waals surface area contributed by atoms with Gasteiger partial charge in [0.15, 0.2) is 0 Å². The Labute approximate surface area is 160 Å². The van der Waals surface area contributed by atoms with Crippen LogP contribution >= 0.6 is 23.2 Å². The number of hydrogen-bond acceptors (Lipinski definition) is 4. The second-order valence-corrected chi connectivity index (χ2v) is 7.01. The van der Waals surface area contributed by atoms with Crippen LogP contribution in [0.15, 0.2) is 36.7 Å². The fourth-order valence-electron chi connectivity index (χ4n) is 3.14. The highest BCUT2D eigenvalue weighted by Crippen LogP contribution is 2.33. The van der Waals surface area contributed by atoms with Crippen LogP contribution in [0, 0.1) is 6.92 Å². The van der Waals surface area contributed by atoms with Crippen LogP contribution in [-0.2, 0) is 0 Å². The van der Waals surface area contributed by atoms with Gasteiger partial charge in [-0.15, -0.1) is 0 Å². The van der Waals surface area contributed by atoms with Gasteiger partial charge in [-0.3, -0.25) is 19.4 Å². The molecule has 0 aromatic carbocycles. The third-order valence-corrected chi connectivity index (χ3v) is 5.07. The Kier molecular flexibility index (Phi) is 4.17. The standard InChI is InChI=1S/C18H15Cl2N5O/c1-10-7-12(5-6-21-10)13-8-22-25-11(2)9-24(18(26)16(13)25)15-4-3-14(19)17(20)23-15/h3-8,11H,9H2,1-2H3/t11-/m0/s1. The van der Waals surface area contributed by atoms with Crippen molar-refractivity contribution < 1.29 is 4.79 Å². The molecule has 4 heterocycles. The van der Waals surface area contributed by atoms with Crippen LogP contribution < -0.4 is 4.90 Å². The van der Waals surface area contributed by atoms with Gasteiger partial charge < -0.3 is 0 Å². The smallest absolute Gasteiger partial charge is 0.278 e. The molecular weight excluding hydrogens is 373 g/mol. The van der Waals surface area contributed by atoms with Crippen LogP contribution in [-0.4, -0.2) is 32.2 Å². The lowest BCUT2D eigenvalue weighted by atomic mass is 10.0. The zero-order chi connectivity index (χ0) is 18.4. The highest BCUT2D eigenvalue weighted by Gasteiger charge is 2.34. The van der Waals surface area contributed by atoms with Crippen molar-refractivity contribution in [1.29, 1.82) is 0 Å². The molecule has 26 heavy (non-hydrogen) atoms. The highest BCUT2D eigenvalue weighted by atomic mass is 35.5. The van der Waals surface area contributed by atoms with Crippen LogP contribution in [0.2, 0.25) is 10.2 Å². The third kappa shape index (κ3) is 2.75. The van der Waals surface area contributed by atoms with Crippen molar-refractivity contribution in [2.75, 3.05) is 11.4 Å². The maximum atomic E-state index is 13.2. The molecule has 0 N–H and O–H groups in total. The Morgan fingerprint density at radius 2 is 2.04 bits per heavy atom. The molecule has 1 atom stereocenters. The molecule has 0 aliphatic carbocycles. The number of carbonyl (C=O) groups excluding carboxylic acids is 1. The van der Waals surface area contributed by atoms with Gasteiger partial charge in [0.25, 0.3) is 5.91 Å². The molecule has 3 aromatic heterocycles. The number of carbonyl (C=O) groups is 1. The quantitative estimate of drug-likeness (QED) is 0.618. The van der Waals surface area contributed by atoms with E-state index in [0.29, 0.717) is 23.1 Å². The van der Waals surface area contributed by atoms with Gasteiger partial charge in [0.1, 0.15) is 16.7 Å². The molecule has 0 saturated heterocycles. The number of anilines is 1. The molecule has 0 spiro atoms. The molecular formula is C18H15Cl2N5O. The maximum absolute atomic E-state index is 13.2. The van der Waals surface area contributed by atoms with Crippen molar-refractivity contribution >= 4 is 34.9 Å². The van der Waals surface area contributed by atoms with E-state index in [1.54, 1.807) is 34.1 Å². The number of halogens is 2. The summed E-state index contributed by atoms with van der Waals surface area (Å²) in [6, 6.07) is 7.14. The van der Waals surface area contributed by atoms with Gasteiger partial charge in [-0.1, -0.05) is 23.2 Å². The number of aryl methyl sites for hydroxylation is 1. The zero-order valence-electron chi connectivity index (χ0n) is 14.1. The first kappa shape index (κ1) is 17.0. The van der Waals surface area contributed by atoms with E-state index in [1.165, 1.54) is 0 Å². The molecule has 0 fully saturated rings. The van der Waals surface area contributed by atoms with Crippen LogP contribution in [0.4, 0.5) is 5.82 Å². The number of hydrogen-bond donors (Lipinski definition) is 0. The van der Waals surface area contributed by atoms with Gasteiger partial charge in [0.05, 0.1) is 17.3 Å². The van der Waals surface area contributed by atoms with Crippen LogP contribution in [0.3, 0.4) is 0 Å². The Hall–Kier alpha value is -2.44. The molecule has 8 heteroatoms. The number of rotatable bonds is 2. The second kappa shape index (κ2) is 6.37. The van der Waals surface area contributed by atoms with E-state index in [0.717, 1.165) is 16.8 Å². The van der Waals surface area contributed by atoms with E-state index in [4.69, 9.17) is 23.2 Å². The summed E-state index contributed by atoms with van der Waals surface area (Å²) < 4.78 is 1.77. The lowest BCUT2D eigenvalue weighted by Gasteiger charge is -2.31. The number of amides is 1. The highest BCUT2D eigenvalue weighted by molar-refractivity contribution is 6.41. The molecule has 0 bridgehead atoms. The number of nitrogens with zero attached hydrogens (tertiary/aromatic N) is 5.